The number of nitrogens with one attached hydrogen (secondary N) is 4. The molecule has 0 spiro atoms. The predicted molar refractivity (Wildman–Crippen MR) is 170 cm³/mol. The Bertz CT molecular complexity index is 1740. The van der Waals surface area contributed by atoms with Gasteiger partial charge < -0.3 is 20.9 Å². The van der Waals surface area contributed by atoms with Crippen LogP contribution in [-0.2, 0) is 20.1 Å². The van der Waals surface area contributed by atoms with E-state index in [2.05, 4.69) is 47.1 Å². The fourth-order valence-corrected chi connectivity index (χ4v) is 5.48. The van der Waals surface area contributed by atoms with E-state index in [9.17, 15) is 10.1 Å². The zero-order valence-electron chi connectivity index (χ0n) is 24.9. The fraction of sp³-hybridized carbons (Fsp3) is 0.281. The van der Waals surface area contributed by atoms with E-state index in [1.807, 2.05) is 55.7 Å². The number of urea groups is 1. The molecule has 0 saturated heterocycles. The highest BCUT2D eigenvalue weighted by atomic mass is 16.2. The summed E-state index contributed by atoms with van der Waals surface area (Å²) >= 11 is 0. The van der Waals surface area contributed by atoms with Gasteiger partial charge in [0.25, 0.3) is 0 Å². The molecule has 4 heterocycles. The van der Waals surface area contributed by atoms with Gasteiger partial charge in [0.15, 0.2) is 0 Å². The minimum atomic E-state index is -0.181. The second kappa shape index (κ2) is 13.7. The van der Waals surface area contributed by atoms with Gasteiger partial charge >= 0.3 is 6.03 Å². The van der Waals surface area contributed by atoms with Crippen molar-refractivity contribution in [2.75, 3.05) is 15.5 Å². The predicted octanol–water partition coefficient (Wildman–Crippen LogP) is 4.62. The molecule has 1 saturated carbocycles. The molecule has 4 N–H and O–H groups in total. The van der Waals surface area contributed by atoms with Gasteiger partial charge in [-0.15, -0.1) is 0 Å². The van der Waals surface area contributed by atoms with E-state index in [0.717, 1.165) is 48.2 Å². The molecule has 0 radical (unpaired) electrons. The van der Waals surface area contributed by atoms with Crippen molar-refractivity contribution in [2.24, 2.45) is 7.05 Å². The summed E-state index contributed by atoms with van der Waals surface area (Å²) in [6, 6.07) is 15.8. The summed E-state index contributed by atoms with van der Waals surface area (Å²) in [5, 5.41) is 23.5. The third-order valence-corrected chi connectivity index (χ3v) is 7.82. The number of aromatic amines is 1. The highest BCUT2D eigenvalue weighted by Gasteiger charge is 2.31. The smallest absolute Gasteiger partial charge is 0.323 e. The van der Waals surface area contributed by atoms with Gasteiger partial charge in [0.05, 0.1) is 18.9 Å². The standard InChI is InChI=1S/C32H34N12O/c1-43-21-25(19-40-43)23-7-12-29(36-17-23)44(32(45)39-16-22-5-3-2-4-6-22)27-10-8-26(9-11-27)41-31-38-18-24(15-33)30(42-31)37-20-28-34-13-14-35-28/h2-7,12-14,17-19,21,26-27H,8-11,16,20H2,1H3,(H,34,35)(H,39,45)(H2,37,38,41,42). The number of aryl methyl sites for hydroxylation is 1. The lowest BCUT2D eigenvalue weighted by Gasteiger charge is -2.36. The zero-order chi connectivity index (χ0) is 31.0. The van der Waals surface area contributed by atoms with Crippen molar-refractivity contribution in [1.29, 1.82) is 5.26 Å². The van der Waals surface area contributed by atoms with Crippen molar-refractivity contribution in [3.8, 4) is 17.2 Å². The number of H-pyrrole nitrogens is 1. The number of pyridine rings is 1. The highest BCUT2D eigenvalue weighted by molar-refractivity contribution is 5.91. The first kappa shape index (κ1) is 29.3. The Hall–Kier alpha value is -5.77. The Morgan fingerprint density at radius 2 is 1.87 bits per heavy atom. The van der Waals surface area contributed by atoms with Gasteiger partial charge in [-0.1, -0.05) is 30.3 Å². The molecular weight excluding hydrogens is 568 g/mol. The highest BCUT2D eigenvalue weighted by Crippen LogP contribution is 2.30. The minimum absolute atomic E-state index is 0.0389. The summed E-state index contributed by atoms with van der Waals surface area (Å²) in [5.74, 6) is 2.24. The second-order valence-electron chi connectivity index (χ2n) is 10.9. The van der Waals surface area contributed by atoms with Crippen molar-refractivity contribution in [3.63, 3.8) is 0 Å². The first-order valence-corrected chi connectivity index (χ1v) is 14.9. The Morgan fingerprint density at radius 1 is 1.02 bits per heavy atom. The van der Waals surface area contributed by atoms with Gasteiger partial charge in [-0.2, -0.15) is 15.3 Å². The third-order valence-electron chi connectivity index (χ3n) is 7.82. The molecule has 6 rings (SSSR count). The molecule has 1 aliphatic rings. The summed E-state index contributed by atoms with van der Waals surface area (Å²) in [5.41, 5.74) is 3.28. The van der Waals surface area contributed by atoms with E-state index < -0.39 is 0 Å². The maximum atomic E-state index is 13.7. The van der Waals surface area contributed by atoms with Crippen molar-refractivity contribution in [1.82, 2.24) is 40.0 Å². The van der Waals surface area contributed by atoms with Crippen molar-refractivity contribution >= 4 is 23.6 Å². The number of benzene rings is 1. The second-order valence-corrected chi connectivity index (χ2v) is 10.9. The van der Waals surface area contributed by atoms with Crippen LogP contribution in [0.5, 0.6) is 0 Å². The number of imidazole rings is 1. The molecule has 2 amide bonds. The SMILES string of the molecule is Cn1cc(-c2ccc(N(C(=O)NCc3ccccc3)C3CCC(Nc4ncc(C#N)c(NCc5ncc[nH]5)n4)CC3)nc2)cn1. The molecule has 13 nitrogen and oxygen atoms in total. The topological polar surface area (TPSA) is 165 Å². The monoisotopic (exact) mass is 602 g/mol. The number of rotatable bonds is 10. The van der Waals surface area contributed by atoms with Crippen molar-refractivity contribution in [3.05, 3.63) is 96.6 Å². The Balaban J connectivity index is 1.13. The number of anilines is 3. The Morgan fingerprint density at radius 3 is 2.56 bits per heavy atom. The molecule has 13 heteroatoms. The summed E-state index contributed by atoms with van der Waals surface area (Å²) in [7, 11) is 1.88. The molecule has 4 aromatic heterocycles. The van der Waals surface area contributed by atoms with Crippen LogP contribution in [0.1, 0.15) is 42.6 Å². The first-order valence-electron chi connectivity index (χ1n) is 14.9. The van der Waals surface area contributed by atoms with Gasteiger partial charge in [-0.25, -0.2) is 19.7 Å². The maximum Gasteiger partial charge on any atom is 0.323 e. The van der Waals surface area contributed by atoms with Crippen LogP contribution < -0.4 is 20.9 Å². The Labute approximate surface area is 260 Å². The minimum Gasteiger partial charge on any atom is -0.362 e. The molecule has 45 heavy (non-hydrogen) atoms. The van der Waals surface area contributed by atoms with Crippen LogP contribution >= 0.6 is 0 Å². The summed E-state index contributed by atoms with van der Waals surface area (Å²) in [4.78, 5) is 36.4. The van der Waals surface area contributed by atoms with Crippen LogP contribution in [0.15, 0.2) is 79.6 Å². The van der Waals surface area contributed by atoms with Gasteiger partial charge in [-0.3, -0.25) is 9.58 Å². The van der Waals surface area contributed by atoms with Gasteiger partial charge in [0.1, 0.15) is 29.1 Å². The van der Waals surface area contributed by atoms with Crippen LogP contribution in [0.4, 0.5) is 22.4 Å². The summed E-state index contributed by atoms with van der Waals surface area (Å²) < 4.78 is 1.75. The molecule has 1 aromatic carbocycles. The molecule has 1 aliphatic carbocycles. The molecule has 0 bridgehead atoms. The van der Waals surface area contributed by atoms with Crippen LogP contribution in [0, 0.1) is 11.3 Å². The lowest BCUT2D eigenvalue weighted by molar-refractivity contribution is 0.240. The van der Waals surface area contributed by atoms with Crippen LogP contribution in [0.2, 0.25) is 0 Å². The largest absolute Gasteiger partial charge is 0.362 e. The molecule has 0 aliphatic heterocycles. The number of nitrogens with zero attached hydrogens (tertiary/aromatic N) is 8. The van der Waals surface area contributed by atoms with E-state index in [1.165, 1.54) is 6.20 Å². The number of amides is 2. The number of hydrogen-bond acceptors (Lipinski definition) is 9. The number of carbonyl (C=O) groups excluding carboxylic acids is 1. The van der Waals surface area contributed by atoms with Crippen LogP contribution in [-0.4, -0.2) is 52.8 Å². The average molecular weight is 603 g/mol. The normalized spacial score (nSPS) is 16.0. The van der Waals surface area contributed by atoms with E-state index in [0.29, 0.717) is 36.2 Å². The van der Waals surface area contributed by atoms with Gasteiger partial charge in [0.2, 0.25) is 5.95 Å². The van der Waals surface area contributed by atoms with Crippen molar-refractivity contribution < 1.29 is 4.79 Å². The molecular formula is C32H34N12O. The Kier molecular flexibility index (Phi) is 8.91. The van der Waals surface area contributed by atoms with Gasteiger partial charge in [0, 0.05) is 61.6 Å². The third kappa shape index (κ3) is 7.24. The molecule has 5 aromatic rings. The average Bonchev–Trinajstić information content (AvgIpc) is 3.77. The lowest BCUT2D eigenvalue weighted by atomic mass is 9.90. The summed E-state index contributed by atoms with van der Waals surface area (Å²) in [6.07, 6.45) is 13.6. The van der Waals surface area contributed by atoms with E-state index >= 15 is 0 Å². The molecule has 0 atom stereocenters. The fourth-order valence-electron chi connectivity index (χ4n) is 5.48. The molecule has 0 unspecified atom stereocenters. The van der Waals surface area contributed by atoms with E-state index in [-0.39, 0.29) is 18.1 Å². The van der Waals surface area contributed by atoms with E-state index in [4.69, 9.17) is 4.98 Å². The lowest BCUT2D eigenvalue weighted by Crippen LogP contribution is -2.49. The van der Waals surface area contributed by atoms with E-state index in [1.54, 1.807) is 34.4 Å². The van der Waals surface area contributed by atoms with Crippen LogP contribution in [0.25, 0.3) is 11.1 Å². The number of carbonyl (C=O) groups is 1. The number of hydrogen-bond donors (Lipinski definition) is 4. The quantitative estimate of drug-likeness (QED) is 0.178. The van der Waals surface area contributed by atoms with Gasteiger partial charge in [-0.05, 0) is 43.4 Å². The first-order chi connectivity index (χ1) is 22.1. The molecule has 228 valence electrons. The van der Waals surface area contributed by atoms with Crippen LogP contribution in [0.3, 0.4) is 0 Å². The van der Waals surface area contributed by atoms with Crippen molar-refractivity contribution in [2.45, 2.75) is 50.9 Å². The number of aromatic nitrogens is 7. The maximum absolute atomic E-state index is 13.7. The number of nitriles is 1. The molecule has 1 fully saturated rings. The zero-order valence-corrected chi connectivity index (χ0v) is 24.9. The summed E-state index contributed by atoms with van der Waals surface area (Å²) in [6.45, 7) is 0.829.